The molecule has 1 aliphatic rings. The molecule has 1 aromatic carbocycles. The number of benzene rings is 1. The van der Waals surface area contributed by atoms with Crippen LogP contribution in [-0.2, 0) is 16.1 Å². The van der Waals surface area contributed by atoms with Gasteiger partial charge >= 0.3 is 5.97 Å². The lowest BCUT2D eigenvalue weighted by Gasteiger charge is -2.32. The maximum absolute atomic E-state index is 12.6. The summed E-state index contributed by atoms with van der Waals surface area (Å²) in [5, 5.41) is 0.572. The first kappa shape index (κ1) is 23.8. The largest absolute Gasteiger partial charge is 0.362 e. The quantitative estimate of drug-likeness (QED) is 0.529. The van der Waals surface area contributed by atoms with Gasteiger partial charge < -0.3 is 9.82 Å². The van der Waals surface area contributed by atoms with E-state index in [0.29, 0.717) is 28.7 Å². The average molecular weight is 439 g/mol. The van der Waals surface area contributed by atoms with Gasteiger partial charge in [-0.25, -0.2) is 4.79 Å². The highest BCUT2D eigenvalue weighted by Gasteiger charge is 2.38. The minimum Gasteiger partial charge on any atom is -0.362 e. The summed E-state index contributed by atoms with van der Waals surface area (Å²) in [6.45, 7) is 13.2. The number of hydroxylamine groups is 2. The molecule has 0 saturated heterocycles. The first-order valence-electron chi connectivity index (χ1n) is 11.6. The molecule has 4 atom stereocenters. The van der Waals surface area contributed by atoms with Crippen LogP contribution in [0.3, 0.4) is 0 Å². The van der Waals surface area contributed by atoms with Crippen LogP contribution in [0, 0.1) is 24.7 Å². The number of aromatic nitrogens is 1. The molecule has 0 bridgehead atoms. The van der Waals surface area contributed by atoms with Gasteiger partial charge in [0.15, 0.2) is 0 Å². The number of carbonyl (C=O) groups excluding carboxylic acids is 3. The van der Waals surface area contributed by atoms with Crippen molar-refractivity contribution in [1.29, 1.82) is 0 Å². The molecule has 0 radical (unpaired) electrons. The molecule has 0 spiro atoms. The number of aromatic amines is 1. The van der Waals surface area contributed by atoms with Crippen molar-refractivity contribution in [2.24, 2.45) is 17.8 Å². The summed E-state index contributed by atoms with van der Waals surface area (Å²) in [5.74, 6) is 0.0772. The SMILES string of the molecule is CCC(C)C(C)C(c1cc(CC(=O)ON2C(=O)c3ccccc3C2=O)c(C)[nH]1)C(C)CC. The van der Waals surface area contributed by atoms with Gasteiger partial charge in [0, 0.05) is 17.3 Å². The van der Waals surface area contributed by atoms with Crippen LogP contribution in [0.2, 0.25) is 0 Å². The maximum Gasteiger partial charge on any atom is 0.337 e. The van der Waals surface area contributed by atoms with E-state index in [-0.39, 0.29) is 17.5 Å². The lowest BCUT2D eigenvalue weighted by Crippen LogP contribution is -2.33. The van der Waals surface area contributed by atoms with Gasteiger partial charge in [0.25, 0.3) is 11.8 Å². The van der Waals surface area contributed by atoms with Gasteiger partial charge in [-0.1, -0.05) is 64.7 Å². The van der Waals surface area contributed by atoms with E-state index in [1.807, 2.05) is 6.92 Å². The Kier molecular flexibility index (Phi) is 7.22. The third-order valence-corrected chi connectivity index (χ3v) is 7.15. The number of amides is 2. The zero-order chi connectivity index (χ0) is 23.6. The number of hydrogen-bond acceptors (Lipinski definition) is 4. The molecular formula is C26H34N2O4. The van der Waals surface area contributed by atoms with Gasteiger partial charge in [-0.3, -0.25) is 9.59 Å². The Morgan fingerprint density at radius 2 is 1.56 bits per heavy atom. The summed E-state index contributed by atoms with van der Waals surface area (Å²) in [5.41, 5.74) is 3.37. The number of rotatable bonds is 9. The van der Waals surface area contributed by atoms with Crippen LogP contribution in [0.5, 0.6) is 0 Å². The molecule has 0 saturated carbocycles. The number of aryl methyl sites for hydroxylation is 1. The smallest absolute Gasteiger partial charge is 0.337 e. The number of carbonyl (C=O) groups is 3. The minimum atomic E-state index is -0.636. The Morgan fingerprint density at radius 3 is 2.09 bits per heavy atom. The van der Waals surface area contributed by atoms with E-state index in [0.717, 1.165) is 29.8 Å². The number of H-pyrrole nitrogens is 1. The van der Waals surface area contributed by atoms with Crippen molar-refractivity contribution in [1.82, 2.24) is 10.0 Å². The second kappa shape index (κ2) is 9.72. The number of nitrogens with zero attached hydrogens (tertiary/aromatic N) is 1. The molecule has 1 aliphatic heterocycles. The molecule has 0 aliphatic carbocycles. The molecule has 2 aromatic rings. The van der Waals surface area contributed by atoms with Crippen LogP contribution in [0.4, 0.5) is 0 Å². The number of nitrogens with one attached hydrogen (secondary N) is 1. The van der Waals surface area contributed by atoms with Crippen molar-refractivity contribution in [2.75, 3.05) is 0 Å². The standard InChI is InChI=1S/C26H34N2O4/c1-7-15(3)17(5)24(16(4)8-2)22-13-19(18(6)27-22)14-23(29)32-28-25(30)20-11-9-10-12-21(20)26(28)31/h9-13,15-17,24,27H,7-8,14H2,1-6H3. The highest BCUT2D eigenvalue weighted by Crippen LogP contribution is 2.39. The molecule has 2 amide bonds. The molecule has 4 unspecified atom stereocenters. The topological polar surface area (TPSA) is 79.5 Å². The Bertz CT molecular complexity index is 974. The molecule has 32 heavy (non-hydrogen) atoms. The third-order valence-electron chi connectivity index (χ3n) is 7.15. The van der Waals surface area contributed by atoms with E-state index in [4.69, 9.17) is 4.84 Å². The first-order valence-corrected chi connectivity index (χ1v) is 11.6. The van der Waals surface area contributed by atoms with Gasteiger partial charge in [0.1, 0.15) is 0 Å². The monoisotopic (exact) mass is 438 g/mol. The Labute approximate surface area is 190 Å². The van der Waals surface area contributed by atoms with Gasteiger partial charge in [0.05, 0.1) is 17.5 Å². The molecule has 172 valence electrons. The fourth-order valence-corrected chi connectivity index (χ4v) is 4.62. The normalized spacial score (nSPS) is 17.1. The van der Waals surface area contributed by atoms with Crippen molar-refractivity contribution in [3.05, 3.63) is 58.4 Å². The van der Waals surface area contributed by atoms with E-state index in [9.17, 15) is 14.4 Å². The van der Waals surface area contributed by atoms with Gasteiger partial charge in [-0.15, -0.1) is 0 Å². The van der Waals surface area contributed by atoms with Crippen LogP contribution >= 0.6 is 0 Å². The zero-order valence-corrected chi connectivity index (χ0v) is 19.9. The van der Waals surface area contributed by atoms with Crippen LogP contribution in [-0.4, -0.2) is 27.8 Å². The van der Waals surface area contributed by atoms with Crippen LogP contribution in [0.25, 0.3) is 0 Å². The Hall–Kier alpha value is -2.89. The van der Waals surface area contributed by atoms with Crippen molar-refractivity contribution in [2.45, 2.75) is 66.7 Å². The summed E-state index contributed by atoms with van der Waals surface area (Å²) in [7, 11) is 0. The molecular weight excluding hydrogens is 404 g/mol. The molecule has 3 rings (SSSR count). The van der Waals surface area contributed by atoms with Gasteiger partial charge in [0.2, 0.25) is 0 Å². The summed E-state index contributed by atoms with van der Waals surface area (Å²) in [6.07, 6.45) is 2.18. The summed E-state index contributed by atoms with van der Waals surface area (Å²) in [4.78, 5) is 46.2. The van der Waals surface area contributed by atoms with Gasteiger partial charge in [-0.05, 0) is 48.4 Å². The van der Waals surface area contributed by atoms with Crippen molar-refractivity contribution in [3.8, 4) is 0 Å². The molecule has 2 heterocycles. The maximum atomic E-state index is 12.6. The number of imide groups is 1. The molecule has 1 aromatic heterocycles. The third kappa shape index (κ3) is 4.50. The average Bonchev–Trinajstić information content (AvgIpc) is 3.25. The predicted molar refractivity (Wildman–Crippen MR) is 123 cm³/mol. The zero-order valence-electron chi connectivity index (χ0n) is 19.9. The summed E-state index contributed by atoms with van der Waals surface area (Å²) in [6, 6.07) is 8.51. The molecule has 6 nitrogen and oxygen atoms in total. The second-order valence-corrected chi connectivity index (χ2v) is 9.12. The Morgan fingerprint density at radius 1 is 1.00 bits per heavy atom. The fraction of sp³-hybridized carbons (Fsp3) is 0.500. The highest BCUT2D eigenvalue weighted by atomic mass is 16.7. The molecule has 6 heteroatoms. The van der Waals surface area contributed by atoms with Crippen LogP contribution < -0.4 is 0 Å². The number of fused-ring (bicyclic) bond motifs is 1. The molecule has 1 N–H and O–H groups in total. The van der Waals surface area contributed by atoms with Gasteiger partial charge in [-0.2, -0.15) is 0 Å². The van der Waals surface area contributed by atoms with E-state index in [2.05, 4.69) is 45.7 Å². The Balaban J connectivity index is 1.75. The lowest BCUT2D eigenvalue weighted by atomic mass is 9.74. The van der Waals surface area contributed by atoms with Crippen molar-refractivity contribution < 1.29 is 19.2 Å². The first-order chi connectivity index (χ1) is 15.2. The lowest BCUT2D eigenvalue weighted by molar-refractivity contribution is -0.167. The predicted octanol–water partition coefficient (Wildman–Crippen LogP) is 5.43. The number of hydrogen-bond donors (Lipinski definition) is 1. The molecule has 0 fully saturated rings. The minimum absolute atomic E-state index is 0.0132. The summed E-state index contributed by atoms with van der Waals surface area (Å²) < 4.78 is 0. The van der Waals surface area contributed by atoms with Crippen LogP contribution in [0.1, 0.15) is 91.0 Å². The van der Waals surface area contributed by atoms with Crippen molar-refractivity contribution >= 4 is 17.8 Å². The highest BCUT2D eigenvalue weighted by molar-refractivity contribution is 6.20. The van der Waals surface area contributed by atoms with E-state index in [1.165, 1.54) is 0 Å². The van der Waals surface area contributed by atoms with Crippen molar-refractivity contribution in [3.63, 3.8) is 0 Å². The fourth-order valence-electron chi connectivity index (χ4n) is 4.62. The second-order valence-electron chi connectivity index (χ2n) is 9.12. The van der Waals surface area contributed by atoms with E-state index >= 15 is 0 Å². The van der Waals surface area contributed by atoms with E-state index < -0.39 is 17.8 Å². The van der Waals surface area contributed by atoms with E-state index in [1.54, 1.807) is 24.3 Å². The van der Waals surface area contributed by atoms with Crippen LogP contribution in [0.15, 0.2) is 30.3 Å². The summed E-state index contributed by atoms with van der Waals surface area (Å²) >= 11 is 0.